The van der Waals surface area contributed by atoms with E-state index in [1.54, 1.807) is 7.11 Å². The number of rotatable bonds is 4. The molecule has 2 N–H and O–H groups in total. The molecule has 0 aromatic heterocycles. The molecule has 120 valence electrons. The van der Waals surface area contributed by atoms with Crippen LogP contribution in [-0.4, -0.2) is 50.3 Å². The van der Waals surface area contributed by atoms with Crippen molar-refractivity contribution >= 4 is 5.91 Å². The first-order chi connectivity index (χ1) is 10.7. The van der Waals surface area contributed by atoms with Crippen LogP contribution in [0.2, 0.25) is 0 Å². The quantitative estimate of drug-likeness (QED) is 0.901. The molecule has 0 radical (unpaired) electrons. The van der Waals surface area contributed by atoms with Crippen LogP contribution >= 0.6 is 0 Å². The van der Waals surface area contributed by atoms with Crippen molar-refractivity contribution < 1.29 is 19.0 Å². The van der Waals surface area contributed by atoms with E-state index in [0.29, 0.717) is 19.8 Å². The number of nitrogens with zero attached hydrogens (tertiary/aromatic N) is 1. The van der Waals surface area contributed by atoms with Gasteiger partial charge in [0.2, 0.25) is 5.91 Å². The molecule has 1 aromatic carbocycles. The third-order valence-electron chi connectivity index (χ3n) is 4.15. The molecule has 1 amide bonds. The van der Waals surface area contributed by atoms with Crippen molar-refractivity contribution in [3.63, 3.8) is 0 Å². The molecule has 2 heterocycles. The van der Waals surface area contributed by atoms with Gasteiger partial charge in [-0.3, -0.25) is 4.79 Å². The zero-order chi connectivity index (χ0) is 15.5. The lowest BCUT2D eigenvalue weighted by Crippen LogP contribution is -2.45. The summed E-state index contributed by atoms with van der Waals surface area (Å²) in [6.07, 6.45) is 1.87. The van der Waals surface area contributed by atoms with Crippen molar-refractivity contribution in [3.05, 3.63) is 23.8 Å². The number of ether oxygens (including phenoxy) is 3. The van der Waals surface area contributed by atoms with E-state index in [0.717, 1.165) is 29.9 Å². The van der Waals surface area contributed by atoms with Gasteiger partial charge in [-0.2, -0.15) is 0 Å². The minimum absolute atomic E-state index is 0.00736. The van der Waals surface area contributed by atoms with Gasteiger partial charge in [0, 0.05) is 19.2 Å². The van der Waals surface area contributed by atoms with Gasteiger partial charge in [-0.05, 0) is 18.9 Å². The average molecular weight is 306 g/mol. The summed E-state index contributed by atoms with van der Waals surface area (Å²) < 4.78 is 16.4. The number of hydrogen-bond acceptors (Lipinski definition) is 5. The summed E-state index contributed by atoms with van der Waals surface area (Å²) in [7, 11) is 1.55. The van der Waals surface area contributed by atoms with E-state index in [1.807, 2.05) is 23.1 Å². The molecule has 1 saturated heterocycles. The summed E-state index contributed by atoms with van der Waals surface area (Å²) >= 11 is 0. The number of hydrogen-bond donors (Lipinski definition) is 1. The van der Waals surface area contributed by atoms with E-state index in [2.05, 4.69) is 0 Å². The minimum atomic E-state index is -0.623. The number of benzene rings is 1. The van der Waals surface area contributed by atoms with E-state index >= 15 is 0 Å². The van der Waals surface area contributed by atoms with Crippen molar-refractivity contribution in [2.75, 3.05) is 33.5 Å². The Hall–Kier alpha value is -1.79. The first-order valence-corrected chi connectivity index (χ1v) is 7.66. The molecule has 1 aromatic rings. The van der Waals surface area contributed by atoms with Crippen LogP contribution in [0.5, 0.6) is 11.5 Å². The smallest absolute Gasteiger partial charge is 0.242 e. The van der Waals surface area contributed by atoms with Crippen LogP contribution in [0.1, 0.15) is 24.4 Å². The predicted octanol–water partition coefficient (Wildman–Crippen LogP) is 1.09. The van der Waals surface area contributed by atoms with Crippen LogP contribution in [0.15, 0.2) is 18.2 Å². The number of carbonyl (C=O) groups is 1. The highest BCUT2D eigenvalue weighted by Crippen LogP contribution is 2.42. The highest BCUT2D eigenvalue weighted by Gasteiger charge is 2.35. The third-order valence-corrected chi connectivity index (χ3v) is 4.15. The lowest BCUT2D eigenvalue weighted by molar-refractivity contribution is -0.134. The number of carbonyl (C=O) groups excluding carboxylic acids is 1. The fourth-order valence-corrected chi connectivity index (χ4v) is 3.18. The molecule has 22 heavy (non-hydrogen) atoms. The lowest BCUT2D eigenvalue weighted by atomic mass is 10.0. The Morgan fingerprint density at radius 1 is 1.45 bits per heavy atom. The summed E-state index contributed by atoms with van der Waals surface area (Å²) in [5.41, 5.74) is 6.92. The van der Waals surface area contributed by atoms with Crippen molar-refractivity contribution in [2.24, 2.45) is 5.73 Å². The maximum atomic E-state index is 12.5. The van der Waals surface area contributed by atoms with Crippen molar-refractivity contribution in [1.29, 1.82) is 0 Å². The largest absolute Gasteiger partial charge is 0.486 e. The molecule has 2 aliphatic heterocycles. The molecule has 1 fully saturated rings. The van der Waals surface area contributed by atoms with Crippen molar-refractivity contribution in [3.8, 4) is 11.5 Å². The molecule has 6 heteroatoms. The Labute approximate surface area is 130 Å². The predicted molar refractivity (Wildman–Crippen MR) is 81.0 cm³/mol. The molecule has 0 spiro atoms. The summed E-state index contributed by atoms with van der Waals surface area (Å²) in [6.45, 7) is 2.04. The van der Waals surface area contributed by atoms with Gasteiger partial charge in [-0.15, -0.1) is 0 Å². The van der Waals surface area contributed by atoms with Crippen molar-refractivity contribution in [1.82, 2.24) is 4.90 Å². The van der Waals surface area contributed by atoms with Gasteiger partial charge in [0.15, 0.2) is 11.5 Å². The van der Waals surface area contributed by atoms with Crippen LogP contribution in [-0.2, 0) is 9.53 Å². The maximum absolute atomic E-state index is 12.5. The lowest BCUT2D eigenvalue weighted by Gasteiger charge is -2.30. The van der Waals surface area contributed by atoms with Crippen LogP contribution < -0.4 is 15.2 Å². The molecule has 6 nitrogen and oxygen atoms in total. The van der Waals surface area contributed by atoms with Gasteiger partial charge < -0.3 is 24.8 Å². The molecule has 2 aliphatic rings. The van der Waals surface area contributed by atoms with Crippen LogP contribution in [0.25, 0.3) is 0 Å². The summed E-state index contributed by atoms with van der Waals surface area (Å²) in [5, 5.41) is 0. The SMILES string of the molecule is COCC(N)C(=O)N1CCCC1c1cccc2c1OCCO2. The van der Waals surface area contributed by atoms with E-state index < -0.39 is 6.04 Å². The van der Waals surface area contributed by atoms with Crippen molar-refractivity contribution in [2.45, 2.75) is 24.9 Å². The Morgan fingerprint density at radius 2 is 2.27 bits per heavy atom. The van der Waals surface area contributed by atoms with Gasteiger partial charge in [0.05, 0.1) is 12.6 Å². The standard InChI is InChI=1S/C16H22N2O4/c1-20-10-12(17)16(19)18-7-3-5-13(18)11-4-2-6-14-15(11)22-9-8-21-14/h2,4,6,12-13H,3,5,7-10,17H2,1H3. The molecule has 0 bridgehead atoms. The summed E-state index contributed by atoms with van der Waals surface area (Å²) in [6, 6.07) is 5.22. The second kappa shape index (κ2) is 6.54. The fraction of sp³-hybridized carbons (Fsp3) is 0.562. The Morgan fingerprint density at radius 3 is 3.09 bits per heavy atom. The zero-order valence-corrected chi connectivity index (χ0v) is 12.8. The van der Waals surface area contributed by atoms with Gasteiger partial charge in [-0.25, -0.2) is 0 Å². The number of methoxy groups -OCH3 is 1. The monoisotopic (exact) mass is 306 g/mol. The molecule has 0 saturated carbocycles. The summed E-state index contributed by atoms with van der Waals surface area (Å²) in [4.78, 5) is 14.4. The molecule has 2 atom stereocenters. The van der Waals surface area contributed by atoms with E-state index in [4.69, 9.17) is 19.9 Å². The maximum Gasteiger partial charge on any atom is 0.242 e. The van der Waals surface area contributed by atoms with Gasteiger partial charge in [0.25, 0.3) is 0 Å². The molecule has 3 rings (SSSR count). The summed E-state index contributed by atoms with van der Waals surface area (Å²) in [5.74, 6) is 1.45. The fourth-order valence-electron chi connectivity index (χ4n) is 3.18. The Balaban J connectivity index is 1.86. The first-order valence-electron chi connectivity index (χ1n) is 7.66. The number of nitrogens with two attached hydrogens (primary N) is 1. The number of fused-ring (bicyclic) bond motifs is 1. The van der Waals surface area contributed by atoms with Crippen LogP contribution in [0.4, 0.5) is 0 Å². The second-order valence-corrected chi connectivity index (χ2v) is 5.62. The van der Waals surface area contributed by atoms with E-state index in [9.17, 15) is 4.79 Å². The normalized spacial score (nSPS) is 21.7. The highest BCUT2D eigenvalue weighted by atomic mass is 16.6. The van der Waals surface area contributed by atoms with Crippen LogP contribution in [0, 0.1) is 0 Å². The highest BCUT2D eigenvalue weighted by molar-refractivity contribution is 5.82. The topological polar surface area (TPSA) is 74.0 Å². The van der Waals surface area contributed by atoms with E-state index in [-0.39, 0.29) is 18.6 Å². The molecule has 0 aliphatic carbocycles. The van der Waals surface area contributed by atoms with Gasteiger partial charge >= 0.3 is 0 Å². The number of likely N-dealkylation sites (tertiary alicyclic amines) is 1. The average Bonchev–Trinajstić information content (AvgIpc) is 3.03. The zero-order valence-electron chi connectivity index (χ0n) is 12.8. The minimum Gasteiger partial charge on any atom is -0.486 e. The molecule has 2 unspecified atom stereocenters. The van der Waals surface area contributed by atoms with Crippen LogP contribution in [0.3, 0.4) is 0 Å². The molecular formula is C16H22N2O4. The first kappa shape index (κ1) is 15.1. The second-order valence-electron chi connectivity index (χ2n) is 5.62. The molecular weight excluding hydrogens is 284 g/mol. The van der Waals surface area contributed by atoms with Gasteiger partial charge in [-0.1, -0.05) is 12.1 Å². The Bertz CT molecular complexity index is 549. The van der Waals surface area contributed by atoms with Gasteiger partial charge in [0.1, 0.15) is 19.3 Å². The third kappa shape index (κ3) is 2.76. The Kier molecular flexibility index (Phi) is 4.49. The van der Waals surface area contributed by atoms with E-state index in [1.165, 1.54) is 0 Å². The number of amides is 1. The number of para-hydroxylation sites is 1.